The van der Waals surface area contributed by atoms with Crippen LogP contribution in [0.4, 0.5) is 0 Å². The van der Waals surface area contributed by atoms with Gasteiger partial charge in [0.2, 0.25) is 11.8 Å². The fourth-order valence-electron chi connectivity index (χ4n) is 4.37. The number of carbonyl (C=O) groups excluding carboxylic acids is 3. The topological polar surface area (TPSA) is 79.0 Å². The molecule has 168 valence electrons. The lowest BCUT2D eigenvalue weighted by atomic mass is 10.0. The van der Waals surface area contributed by atoms with Crippen molar-refractivity contribution in [3.05, 3.63) is 64.7 Å². The summed E-state index contributed by atoms with van der Waals surface area (Å²) < 4.78 is 6.08. The lowest BCUT2D eigenvalue weighted by molar-refractivity contribution is -0.136. The summed E-state index contributed by atoms with van der Waals surface area (Å²) in [5.74, 6) is -0.241. The number of carbonyl (C=O) groups is 3. The van der Waals surface area contributed by atoms with Gasteiger partial charge in [-0.25, -0.2) is 0 Å². The Morgan fingerprint density at radius 2 is 1.84 bits per heavy atom. The highest BCUT2D eigenvalue weighted by Crippen LogP contribution is 2.33. The number of nitrogens with one attached hydrogen (secondary N) is 1. The minimum Gasteiger partial charge on any atom is -0.489 e. The summed E-state index contributed by atoms with van der Waals surface area (Å²) in [5.41, 5.74) is 3.66. The van der Waals surface area contributed by atoms with Gasteiger partial charge in [-0.1, -0.05) is 37.3 Å². The zero-order chi connectivity index (χ0) is 22.7. The normalized spacial score (nSPS) is 18.2. The van der Waals surface area contributed by atoms with Gasteiger partial charge in [0.15, 0.2) is 0 Å². The van der Waals surface area contributed by atoms with Crippen molar-refractivity contribution < 1.29 is 19.1 Å². The van der Waals surface area contributed by atoms with E-state index < -0.39 is 11.9 Å². The molecular formula is C25H29N3O4. The monoisotopic (exact) mass is 435 g/mol. The molecule has 2 aromatic rings. The molecule has 7 heteroatoms. The molecule has 0 aromatic heterocycles. The van der Waals surface area contributed by atoms with E-state index >= 15 is 0 Å². The van der Waals surface area contributed by atoms with Gasteiger partial charge in [-0.15, -0.1) is 0 Å². The Labute approximate surface area is 188 Å². The summed E-state index contributed by atoms with van der Waals surface area (Å²) in [6.45, 7) is 4.86. The minimum atomic E-state index is -0.626. The van der Waals surface area contributed by atoms with E-state index in [1.807, 2.05) is 6.07 Å². The molecule has 0 spiro atoms. The Morgan fingerprint density at radius 1 is 1.09 bits per heavy atom. The minimum absolute atomic E-state index is 0.194. The zero-order valence-corrected chi connectivity index (χ0v) is 18.6. The van der Waals surface area contributed by atoms with Crippen molar-refractivity contribution in [1.29, 1.82) is 0 Å². The van der Waals surface area contributed by atoms with Crippen molar-refractivity contribution in [2.24, 2.45) is 0 Å². The van der Waals surface area contributed by atoms with Gasteiger partial charge < -0.3 is 14.5 Å². The molecule has 2 heterocycles. The first kappa shape index (κ1) is 22.0. The number of hydrogen-bond acceptors (Lipinski definition) is 5. The number of ether oxygens (including phenoxy) is 1. The first-order valence-corrected chi connectivity index (χ1v) is 11.1. The van der Waals surface area contributed by atoms with Gasteiger partial charge in [0.25, 0.3) is 5.91 Å². The average molecular weight is 436 g/mol. The van der Waals surface area contributed by atoms with Crippen LogP contribution >= 0.6 is 0 Å². The molecule has 1 saturated heterocycles. The molecule has 2 aliphatic rings. The van der Waals surface area contributed by atoms with Crippen LogP contribution in [0.3, 0.4) is 0 Å². The van der Waals surface area contributed by atoms with Gasteiger partial charge >= 0.3 is 0 Å². The van der Waals surface area contributed by atoms with E-state index in [0.717, 1.165) is 30.6 Å². The third-order valence-electron chi connectivity index (χ3n) is 6.01. The van der Waals surface area contributed by atoms with Crippen molar-refractivity contribution in [3.63, 3.8) is 0 Å². The van der Waals surface area contributed by atoms with Crippen molar-refractivity contribution >= 4 is 17.7 Å². The number of rotatable bonds is 8. The second kappa shape index (κ2) is 9.53. The molecule has 1 fully saturated rings. The van der Waals surface area contributed by atoms with Crippen LogP contribution < -0.4 is 10.1 Å². The Hall–Kier alpha value is -3.19. The molecule has 32 heavy (non-hydrogen) atoms. The predicted octanol–water partition coefficient (Wildman–Crippen LogP) is 2.87. The summed E-state index contributed by atoms with van der Waals surface area (Å²) in [6, 6.07) is 13.2. The van der Waals surface area contributed by atoms with Crippen LogP contribution in [-0.4, -0.2) is 47.2 Å². The van der Waals surface area contributed by atoms with E-state index in [4.69, 9.17) is 4.74 Å². The molecule has 1 N–H and O–H groups in total. The van der Waals surface area contributed by atoms with Gasteiger partial charge in [-0.2, -0.15) is 0 Å². The van der Waals surface area contributed by atoms with Gasteiger partial charge in [-0.05, 0) is 49.7 Å². The number of piperidine rings is 1. The maximum atomic E-state index is 12.9. The predicted molar refractivity (Wildman–Crippen MR) is 120 cm³/mol. The Morgan fingerprint density at radius 3 is 2.56 bits per heavy atom. The average Bonchev–Trinajstić information content (AvgIpc) is 3.10. The van der Waals surface area contributed by atoms with Crippen molar-refractivity contribution in [2.75, 3.05) is 13.6 Å². The van der Waals surface area contributed by atoms with Crippen LogP contribution in [-0.2, 0) is 29.3 Å². The molecule has 1 atom stereocenters. The van der Waals surface area contributed by atoms with Crippen LogP contribution in [0, 0.1) is 0 Å². The largest absolute Gasteiger partial charge is 0.489 e. The van der Waals surface area contributed by atoms with E-state index in [9.17, 15) is 14.4 Å². The van der Waals surface area contributed by atoms with Gasteiger partial charge in [0.1, 0.15) is 18.4 Å². The van der Waals surface area contributed by atoms with Crippen LogP contribution in [0.15, 0.2) is 42.5 Å². The maximum Gasteiger partial charge on any atom is 0.255 e. The number of benzene rings is 2. The Kier molecular flexibility index (Phi) is 6.55. The zero-order valence-electron chi connectivity index (χ0n) is 18.6. The fourth-order valence-corrected chi connectivity index (χ4v) is 4.37. The number of imide groups is 1. The lowest BCUT2D eigenvalue weighted by Gasteiger charge is -2.29. The Balaban J connectivity index is 1.42. The molecule has 3 amide bonds. The molecule has 2 aromatic carbocycles. The summed E-state index contributed by atoms with van der Waals surface area (Å²) in [6.07, 6.45) is 1.72. The van der Waals surface area contributed by atoms with E-state index in [2.05, 4.69) is 48.5 Å². The van der Waals surface area contributed by atoms with Crippen LogP contribution in [0.2, 0.25) is 0 Å². The number of fused-ring (bicyclic) bond motifs is 1. The smallest absolute Gasteiger partial charge is 0.255 e. The van der Waals surface area contributed by atoms with Gasteiger partial charge in [-0.3, -0.25) is 19.7 Å². The first-order chi connectivity index (χ1) is 15.5. The molecule has 4 rings (SSSR count). The van der Waals surface area contributed by atoms with Crippen molar-refractivity contribution in [1.82, 2.24) is 15.1 Å². The van der Waals surface area contributed by atoms with E-state index in [1.165, 1.54) is 5.56 Å². The second-order valence-corrected chi connectivity index (χ2v) is 8.53. The molecular weight excluding hydrogens is 406 g/mol. The number of nitrogens with zero attached hydrogens (tertiary/aromatic N) is 2. The van der Waals surface area contributed by atoms with E-state index in [-0.39, 0.29) is 18.2 Å². The maximum absolute atomic E-state index is 12.9. The third kappa shape index (κ3) is 4.67. The summed E-state index contributed by atoms with van der Waals surface area (Å²) >= 11 is 0. The summed E-state index contributed by atoms with van der Waals surface area (Å²) in [4.78, 5) is 40.5. The highest BCUT2D eigenvalue weighted by molar-refractivity contribution is 6.05. The Bertz CT molecular complexity index is 1020. The summed E-state index contributed by atoms with van der Waals surface area (Å²) in [5, 5.41) is 2.33. The molecule has 0 radical (unpaired) electrons. The highest BCUT2D eigenvalue weighted by atomic mass is 16.5. The molecule has 7 nitrogen and oxygen atoms in total. The first-order valence-electron chi connectivity index (χ1n) is 11.1. The molecule has 0 saturated carbocycles. The molecule has 0 bridgehead atoms. The lowest BCUT2D eigenvalue weighted by Crippen LogP contribution is -2.52. The van der Waals surface area contributed by atoms with Crippen LogP contribution in [0.1, 0.15) is 53.2 Å². The SMILES string of the molecule is CCCN(C)Cc1ccc(COc2cccc3c2CN(C2CCC(=O)NC2=O)C3=O)cc1. The quantitative estimate of drug-likeness (QED) is 0.645. The van der Waals surface area contributed by atoms with E-state index in [1.54, 1.807) is 17.0 Å². The number of hydrogen-bond donors (Lipinski definition) is 1. The third-order valence-corrected chi connectivity index (χ3v) is 6.01. The summed E-state index contributed by atoms with van der Waals surface area (Å²) in [7, 11) is 2.12. The van der Waals surface area contributed by atoms with Gasteiger partial charge in [0, 0.05) is 24.1 Å². The van der Waals surface area contributed by atoms with Gasteiger partial charge in [0.05, 0.1) is 6.54 Å². The fraction of sp³-hybridized carbons (Fsp3) is 0.400. The highest BCUT2D eigenvalue weighted by Gasteiger charge is 2.40. The molecule has 2 aliphatic heterocycles. The van der Waals surface area contributed by atoms with Crippen molar-refractivity contribution in [2.45, 2.75) is 51.9 Å². The van der Waals surface area contributed by atoms with E-state index in [0.29, 0.717) is 30.9 Å². The van der Waals surface area contributed by atoms with Crippen LogP contribution in [0.25, 0.3) is 0 Å². The number of amides is 3. The van der Waals surface area contributed by atoms with Crippen LogP contribution in [0.5, 0.6) is 5.75 Å². The van der Waals surface area contributed by atoms with Crippen molar-refractivity contribution in [3.8, 4) is 5.75 Å². The second-order valence-electron chi connectivity index (χ2n) is 8.53. The molecule has 0 aliphatic carbocycles. The standard InChI is InChI=1S/C25H29N3O4/c1-3-13-27(2)14-17-7-9-18(10-8-17)16-32-22-6-4-5-19-20(22)15-28(25(19)31)21-11-12-23(29)26-24(21)30/h4-10,21H,3,11-16H2,1-2H3,(H,26,29,30). The molecule has 1 unspecified atom stereocenters.